The highest BCUT2D eigenvalue weighted by atomic mass is 16.5. The number of fused-ring (bicyclic) bond motifs is 18. The number of hydrogen-bond acceptors (Lipinski definition) is 18. The van der Waals surface area contributed by atoms with Gasteiger partial charge in [0.1, 0.15) is 116 Å². The monoisotopic (exact) mass is 1980 g/mol. The summed E-state index contributed by atoms with van der Waals surface area (Å²) in [5, 5.41) is 127. The van der Waals surface area contributed by atoms with Gasteiger partial charge in [-0.25, -0.2) is 9.59 Å². The first-order valence-electron chi connectivity index (χ1n) is 54.6. The van der Waals surface area contributed by atoms with E-state index in [4.69, 9.17) is 28.4 Å². The fourth-order valence-electron chi connectivity index (χ4n) is 26.1. The topological polar surface area (TPSA) is 332 Å². The van der Waals surface area contributed by atoms with E-state index in [2.05, 4.69) is 133 Å². The van der Waals surface area contributed by atoms with Crippen molar-refractivity contribution in [3.63, 3.8) is 0 Å². The molecule has 20 atom stereocenters. The van der Waals surface area contributed by atoms with E-state index in [9.17, 15) is 70.9 Å². The van der Waals surface area contributed by atoms with Gasteiger partial charge in [0, 0.05) is 57.8 Å². The van der Waals surface area contributed by atoms with E-state index in [1.165, 1.54) is 86.5 Å². The number of carboxylic acids is 2. The Kier molecular flexibility index (Phi) is 35.1. The highest BCUT2D eigenvalue weighted by Gasteiger charge is 2.60. The maximum absolute atomic E-state index is 12.1. The third-order valence-electron chi connectivity index (χ3n) is 33.8. The molecule has 0 unspecified atom stereocenters. The van der Waals surface area contributed by atoms with E-state index in [0.717, 1.165) is 181 Å². The minimum Gasteiger partial charge on any atom is -0.508 e. The van der Waals surface area contributed by atoms with Crippen LogP contribution in [0.25, 0.3) is 11.1 Å². The van der Waals surface area contributed by atoms with Gasteiger partial charge in [0.2, 0.25) is 0 Å². The second kappa shape index (κ2) is 45.5. The highest BCUT2D eigenvalue weighted by molar-refractivity contribution is 5.95. The lowest BCUT2D eigenvalue weighted by Crippen LogP contribution is -2.50. The summed E-state index contributed by atoms with van der Waals surface area (Å²) in [6.45, 7) is 57.5. The molecule has 6 aromatic rings. The first-order valence-corrected chi connectivity index (χ1v) is 54.6. The summed E-state index contributed by atoms with van der Waals surface area (Å²) in [5.74, 6) is 5.00. The van der Waals surface area contributed by atoms with E-state index in [1.807, 2.05) is 78.8 Å². The number of aryl methyl sites for hydroxylation is 6. The predicted octanol–water partition coefficient (Wildman–Crippen LogP) is 28.1. The lowest BCUT2D eigenvalue weighted by Gasteiger charge is -2.44. The number of carboxylic acid groups (broad SMARTS) is 2. The van der Waals surface area contributed by atoms with Crippen molar-refractivity contribution >= 4 is 23.1 Å². The number of carbonyl (C=O) groups is 2. The Balaban J connectivity index is 0.000000145. The van der Waals surface area contributed by atoms with Crippen LogP contribution in [-0.2, 0) is 38.5 Å². The third-order valence-corrected chi connectivity index (χ3v) is 33.8. The molecule has 20 nitrogen and oxygen atoms in total. The maximum atomic E-state index is 12.1. The molecule has 4 fully saturated rings. The molecule has 0 spiro atoms. The van der Waals surface area contributed by atoms with Crippen LogP contribution >= 0.6 is 0 Å². The number of phenolic OH excluding ortho intramolecular Hbond substituents is 6. The minimum absolute atomic E-state index is 0.00748. The Hall–Kier alpha value is -9.86. The van der Waals surface area contributed by atoms with Crippen LogP contribution in [0.2, 0.25) is 0 Å². The van der Waals surface area contributed by atoms with Gasteiger partial charge in [0.25, 0.3) is 0 Å². The summed E-state index contributed by atoms with van der Waals surface area (Å²) in [6.07, 6.45) is 33.7. The number of hydrogen-bond donors (Lipinski definition) is 12. The number of unbranched alkanes of at least 4 members (excludes halogenated alkanes) is 8. The summed E-state index contributed by atoms with van der Waals surface area (Å²) in [6, 6.07) is 19.2. The fraction of sp³-hybridized carbons (Fsp3) is 0.597. The molecule has 12 aliphatic rings. The van der Waals surface area contributed by atoms with Gasteiger partial charge in [-0.3, -0.25) is 0 Å². The predicted molar refractivity (Wildman–Crippen MR) is 574 cm³/mol. The van der Waals surface area contributed by atoms with Gasteiger partial charge in [-0.2, -0.15) is 0 Å². The zero-order valence-electron chi connectivity index (χ0n) is 90.3. The zero-order chi connectivity index (χ0) is 105. The van der Waals surface area contributed by atoms with E-state index in [-0.39, 0.29) is 105 Å². The average Bonchev–Trinajstić information content (AvgIpc) is 1.59. The van der Waals surface area contributed by atoms with Crippen LogP contribution in [0.5, 0.6) is 69.0 Å². The Morgan fingerprint density at radius 3 is 0.917 bits per heavy atom. The first kappa shape index (κ1) is 111. The van der Waals surface area contributed by atoms with Crippen molar-refractivity contribution in [2.24, 2.45) is 47.3 Å². The van der Waals surface area contributed by atoms with Crippen LogP contribution in [0.4, 0.5) is 0 Å². The normalized spacial score (nSPS) is 29.0. The number of aromatic carboxylic acids is 2. The Bertz CT molecular complexity index is 5640. The summed E-state index contributed by atoms with van der Waals surface area (Å²) in [7, 11) is 0. The van der Waals surface area contributed by atoms with Crippen molar-refractivity contribution in [1.29, 1.82) is 0 Å². The molecule has 4 saturated carbocycles. The van der Waals surface area contributed by atoms with Crippen molar-refractivity contribution in [3.05, 3.63) is 199 Å². The van der Waals surface area contributed by atoms with Gasteiger partial charge in [-0.1, -0.05) is 180 Å². The second-order valence-electron chi connectivity index (χ2n) is 46.8. The molecule has 12 N–H and O–H groups in total. The molecule has 6 heterocycles. The van der Waals surface area contributed by atoms with Crippen molar-refractivity contribution < 1.29 is 99.3 Å². The standard InChI is InChI=1S/C22H30O5.C21H30O3.2C21H30O2.C20H26O5.C19H26O3/c1-5-6-7-8-13-11-15(23)18-17-14(12(2)3)9-10-22(4,26)20(17)27-19(18)16(13)21(24)25;1-5-6-7-8-14-11-16(22)19-17(12-14)24-20-18(19)15(13(2)3)9-10-21(20,4)23;2*1-5-6-7-8-15-12-18(22)20-16-11-14(2)9-10-17(16)21(3,4)23-19(20)13-15;1-5-6-11-9-13(21)16-15-12(10(2)3)7-8-20(4,24)18(15)25-17(16)14(11)19(22)23;1-5-6-12-9-14(20)17-15(10-12)22-18-16(17)13(11(2)3)7-8-19(18,4)21/h11,14,17,20,23,26H,2,5-10H2,1,3-4H3,(H,24,25);11-12,15,18,20,22-23H,2,5-10H2,1,3-4H3;2*11-14,17,22H,5-10H2,1-4H3;9,12,15,18,21,24H,2,5-8H2,1,3-4H3,(H,22,23);9-10,13,16,18,20-21H,2,5-8H2,1,3-4H3/t14-,17+,20-,22-;15-,18+,20-,21-;14-,17+;14-,17-;12-,15+,18-,20-;13-,16+,18-,19-/m000100/s1. The number of ether oxygens (including phenoxy) is 6. The van der Waals surface area contributed by atoms with E-state index in [0.29, 0.717) is 107 Å². The van der Waals surface area contributed by atoms with Crippen LogP contribution in [0.15, 0.2) is 121 Å². The summed E-state index contributed by atoms with van der Waals surface area (Å²) >= 11 is 0. The van der Waals surface area contributed by atoms with Crippen LogP contribution in [0, 0.1) is 47.3 Å². The van der Waals surface area contributed by atoms with Gasteiger partial charge >= 0.3 is 11.9 Å². The van der Waals surface area contributed by atoms with Crippen molar-refractivity contribution in [2.75, 3.05) is 0 Å². The van der Waals surface area contributed by atoms with Crippen molar-refractivity contribution in [3.8, 4) is 69.0 Å². The molecule has 0 amide bonds. The summed E-state index contributed by atoms with van der Waals surface area (Å²) in [5.41, 5.74) is 13.0. The Morgan fingerprint density at radius 2 is 0.611 bits per heavy atom. The summed E-state index contributed by atoms with van der Waals surface area (Å²) in [4.78, 5) is 24.0. The van der Waals surface area contributed by atoms with Gasteiger partial charge < -0.3 is 89.7 Å². The number of benzene rings is 6. The largest absolute Gasteiger partial charge is 0.508 e. The molecule has 0 radical (unpaired) electrons. The van der Waals surface area contributed by atoms with Gasteiger partial charge in [0.05, 0.1) is 33.5 Å². The Labute approximate surface area is 858 Å². The van der Waals surface area contributed by atoms with Crippen LogP contribution in [-0.4, -0.2) is 131 Å². The summed E-state index contributed by atoms with van der Waals surface area (Å²) < 4.78 is 37.1. The SMILES string of the molecule is C=C(C)[C@@H]1CC[C@](C)(O)[C@H]2Oc3c(C(=O)O)c(CCC)cc(O)c3[C@@H]12.C=C(C)[C@@H]1CC[C@](C)(O)[C@H]2Oc3c(C(=O)O)c(CCCCC)cc(O)c3[C@@H]12.C=C(C)[C@@H]1CC[C@](C)(O)[C@H]2Oc3cc(CCC)cc(O)c3[C@@H]12.C=C(C)[C@@H]1CC[C@](C)(O)[C@H]2Oc3cc(CCCCC)cc(O)c3[C@@H]12.CCCCCc1cc(O)c2c(c1)OC(C)(C)[C@@H]1CC[C@@H](C)C=C21.CCCCCc1cc(O)c2c(c1)OC(C)(C)[C@@H]1CC[C@H](C)C=C21. The molecule has 6 aliphatic carbocycles. The Morgan fingerprint density at radius 1 is 0.333 bits per heavy atom. The maximum Gasteiger partial charge on any atom is 0.339 e. The molecule has 0 saturated heterocycles. The first-order chi connectivity index (χ1) is 67.9. The zero-order valence-corrected chi connectivity index (χ0v) is 90.3. The second-order valence-corrected chi connectivity index (χ2v) is 46.8. The molecular weight excluding hydrogens is 1810 g/mol. The molecule has 18 rings (SSSR count). The minimum atomic E-state index is -1.08. The van der Waals surface area contributed by atoms with Gasteiger partial charge in [-0.15, -0.1) is 0 Å². The molecule has 144 heavy (non-hydrogen) atoms. The molecule has 20 heteroatoms. The van der Waals surface area contributed by atoms with E-state index in [1.54, 1.807) is 26.0 Å². The molecular formula is C124H172O20. The number of aromatic hydroxyl groups is 6. The fourth-order valence-corrected chi connectivity index (χ4v) is 26.1. The van der Waals surface area contributed by atoms with Crippen LogP contribution in [0.3, 0.4) is 0 Å². The van der Waals surface area contributed by atoms with Crippen LogP contribution < -0.4 is 28.4 Å². The van der Waals surface area contributed by atoms with Crippen molar-refractivity contribution in [1.82, 2.24) is 0 Å². The molecule has 0 aromatic heterocycles. The van der Waals surface area contributed by atoms with Gasteiger partial charge in [0.15, 0.2) is 0 Å². The number of aliphatic hydroxyl groups is 4. The molecule has 6 aliphatic heterocycles. The van der Waals surface area contributed by atoms with E-state index < -0.39 is 46.6 Å². The highest BCUT2D eigenvalue weighted by Crippen LogP contribution is 2.64. The average molecular weight is 1980 g/mol. The van der Waals surface area contributed by atoms with Crippen molar-refractivity contribution in [2.45, 2.75) is 426 Å². The number of rotatable bonds is 26. The number of phenols is 6. The molecule has 0 bridgehead atoms. The lowest BCUT2D eigenvalue weighted by atomic mass is 9.66. The smallest absolute Gasteiger partial charge is 0.339 e. The van der Waals surface area contributed by atoms with Gasteiger partial charge in [-0.05, 0) is 365 Å². The van der Waals surface area contributed by atoms with Crippen LogP contribution in [0.1, 0.15) is 417 Å². The molecule has 6 aromatic carbocycles. The third kappa shape index (κ3) is 23.3. The van der Waals surface area contributed by atoms with E-state index >= 15 is 0 Å². The quantitative estimate of drug-likeness (QED) is 0.0177. The lowest BCUT2D eigenvalue weighted by molar-refractivity contribution is -0.0827. The number of allylic oxidation sites excluding steroid dienone is 6. The molecule has 788 valence electrons.